The van der Waals surface area contributed by atoms with E-state index in [1.54, 1.807) is 7.11 Å². The number of methoxy groups -OCH3 is 1. The van der Waals surface area contributed by atoms with Crippen molar-refractivity contribution in [2.45, 2.75) is 19.0 Å². The van der Waals surface area contributed by atoms with Gasteiger partial charge in [-0.05, 0) is 60.9 Å². The van der Waals surface area contributed by atoms with Gasteiger partial charge in [0.15, 0.2) is 5.96 Å². The summed E-state index contributed by atoms with van der Waals surface area (Å²) in [6.45, 7) is 2.61. The van der Waals surface area contributed by atoms with Crippen LogP contribution >= 0.6 is 0 Å². The van der Waals surface area contributed by atoms with Crippen molar-refractivity contribution in [3.05, 3.63) is 71.8 Å². The molecule has 0 saturated carbocycles. The lowest BCUT2D eigenvalue weighted by Gasteiger charge is -2.32. The summed E-state index contributed by atoms with van der Waals surface area (Å²) in [5.74, 6) is 2.46. The van der Waals surface area contributed by atoms with Crippen molar-refractivity contribution in [1.82, 2.24) is 25.2 Å². The predicted molar refractivity (Wildman–Crippen MR) is 128 cm³/mol. The van der Waals surface area contributed by atoms with E-state index in [1.165, 1.54) is 5.56 Å². The van der Waals surface area contributed by atoms with Gasteiger partial charge in [-0.25, -0.2) is 4.98 Å². The maximum Gasteiger partial charge on any atom is 0.197 e. The van der Waals surface area contributed by atoms with Crippen molar-refractivity contribution >= 4 is 27.9 Å². The molecule has 8 nitrogen and oxygen atoms in total. The van der Waals surface area contributed by atoms with Gasteiger partial charge in [-0.2, -0.15) is 0 Å². The summed E-state index contributed by atoms with van der Waals surface area (Å²) in [6.07, 6.45) is 6.55. The number of nitrogens with zero attached hydrogens (tertiary/aromatic N) is 3. The molecular formula is C24H27N7O. The van der Waals surface area contributed by atoms with E-state index in [0.717, 1.165) is 45.5 Å². The normalized spacial score (nSPS) is 19.4. The Morgan fingerprint density at radius 3 is 2.94 bits per heavy atom. The first-order valence-corrected chi connectivity index (χ1v) is 10.6. The molecule has 5 N–H and O–H groups in total. The second-order valence-corrected chi connectivity index (χ2v) is 8.10. The van der Waals surface area contributed by atoms with Crippen LogP contribution in [0.15, 0.2) is 59.9 Å². The number of benzene rings is 2. The molecule has 0 saturated heterocycles. The monoisotopic (exact) mass is 429 g/mol. The molecule has 2 aromatic heterocycles. The second-order valence-electron chi connectivity index (χ2n) is 8.10. The van der Waals surface area contributed by atoms with Crippen LogP contribution < -0.4 is 21.1 Å². The summed E-state index contributed by atoms with van der Waals surface area (Å²) in [7, 11) is 3.69. The maximum absolute atomic E-state index is 6.71. The molecule has 1 atom stereocenters. The summed E-state index contributed by atoms with van der Waals surface area (Å²) in [4.78, 5) is 12.6. The highest BCUT2D eigenvalue weighted by molar-refractivity contribution is 5.85. The second kappa shape index (κ2) is 7.72. The Labute approximate surface area is 186 Å². The largest absolute Gasteiger partial charge is 0.497 e. The van der Waals surface area contributed by atoms with Crippen molar-refractivity contribution in [3.8, 4) is 5.75 Å². The van der Waals surface area contributed by atoms with Crippen LogP contribution in [0, 0.1) is 6.92 Å². The van der Waals surface area contributed by atoms with E-state index in [1.807, 2.05) is 56.7 Å². The number of imidazole rings is 1. The summed E-state index contributed by atoms with van der Waals surface area (Å²) in [6, 6.07) is 12.1. The third kappa shape index (κ3) is 3.48. The zero-order valence-corrected chi connectivity index (χ0v) is 18.4. The third-order valence-corrected chi connectivity index (χ3v) is 6.10. The van der Waals surface area contributed by atoms with Crippen molar-refractivity contribution in [2.75, 3.05) is 13.7 Å². The number of fused-ring (bicyclic) bond motifs is 2. The average Bonchev–Trinajstić information content (AvgIpc) is 3.33. The maximum atomic E-state index is 6.71. The van der Waals surface area contributed by atoms with Crippen molar-refractivity contribution < 1.29 is 4.74 Å². The molecule has 2 aromatic carbocycles. The van der Waals surface area contributed by atoms with Crippen LogP contribution in [0.4, 0.5) is 0 Å². The van der Waals surface area contributed by atoms with Gasteiger partial charge in [-0.1, -0.05) is 6.07 Å². The first-order valence-electron chi connectivity index (χ1n) is 10.6. The van der Waals surface area contributed by atoms with Gasteiger partial charge < -0.3 is 30.7 Å². The summed E-state index contributed by atoms with van der Waals surface area (Å²) >= 11 is 0. The number of rotatable bonds is 5. The fourth-order valence-electron chi connectivity index (χ4n) is 4.14. The summed E-state index contributed by atoms with van der Waals surface area (Å²) in [5.41, 5.74) is 11.1. The molecule has 8 heteroatoms. The number of nitrogens with two attached hydrogens (primary N) is 1. The molecule has 0 aliphatic carbocycles. The molecule has 1 aliphatic rings. The number of nitrogens with one attached hydrogen (secondary N) is 3. The quantitative estimate of drug-likeness (QED) is 0.390. The molecule has 5 rings (SSSR count). The molecule has 32 heavy (non-hydrogen) atoms. The minimum atomic E-state index is -0.863. The molecule has 164 valence electrons. The molecule has 0 radical (unpaired) electrons. The zero-order valence-electron chi connectivity index (χ0n) is 18.4. The Kier molecular flexibility index (Phi) is 4.86. The molecule has 1 unspecified atom stereocenters. The number of ether oxygens (including phenoxy) is 1. The van der Waals surface area contributed by atoms with Gasteiger partial charge >= 0.3 is 0 Å². The van der Waals surface area contributed by atoms with Crippen LogP contribution in [0.25, 0.3) is 21.9 Å². The first kappa shape index (κ1) is 20.1. The summed E-state index contributed by atoms with van der Waals surface area (Å²) < 4.78 is 7.43. The van der Waals surface area contributed by atoms with Crippen molar-refractivity contribution in [1.29, 1.82) is 0 Å². The van der Waals surface area contributed by atoms with Crippen molar-refractivity contribution in [3.63, 3.8) is 0 Å². The molecule has 1 aliphatic heterocycles. The molecule has 0 amide bonds. The smallest absolute Gasteiger partial charge is 0.197 e. The molecule has 4 aromatic rings. The lowest BCUT2D eigenvalue weighted by molar-refractivity contribution is 0.415. The van der Waals surface area contributed by atoms with Crippen LogP contribution in [0.2, 0.25) is 0 Å². The number of aryl methyl sites for hydroxylation is 2. The van der Waals surface area contributed by atoms with Gasteiger partial charge in [-0.3, -0.25) is 4.99 Å². The third-order valence-electron chi connectivity index (χ3n) is 6.10. The average molecular weight is 430 g/mol. The Morgan fingerprint density at radius 1 is 1.22 bits per heavy atom. The first-order chi connectivity index (χ1) is 15.5. The summed E-state index contributed by atoms with van der Waals surface area (Å²) in [5, 5.41) is 7.65. The number of guanidine groups is 1. The number of H-pyrrole nitrogens is 1. The molecule has 0 spiro atoms. The highest BCUT2D eigenvalue weighted by Gasteiger charge is 2.28. The lowest BCUT2D eigenvalue weighted by atomic mass is 9.98. The Balaban J connectivity index is 1.33. The molecule has 0 bridgehead atoms. The Morgan fingerprint density at radius 2 is 2.09 bits per heavy atom. The minimum Gasteiger partial charge on any atom is -0.497 e. The van der Waals surface area contributed by atoms with Gasteiger partial charge in [0.2, 0.25) is 0 Å². The minimum absolute atomic E-state index is 0.613. The number of aromatic amines is 1. The van der Waals surface area contributed by atoms with E-state index in [4.69, 9.17) is 15.5 Å². The topological polar surface area (TPSA) is 105 Å². The van der Waals surface area contributed by atoms with E-state index in [2.05, 4.69) is 37.3 Å². The van der Waals surface area contributed by atoms with E-state index >= 15 is 0 Å². The van der Waals surface area contributed by atoms with E-state index < -0.39 is 5.66 Å². The van der Waals surface area contributed by atoms with Crippen LogP contribution in [0.5, 0.6) is 5.75 Å². The van der Waals surface area contributed by atoms with Gasteiger partial charge in [0.1, 0.15) is 17.2 Å². The fourth-order valence-corrected chi connectivity index (χ4v) is 4.14. The number of aromatic nitrogens is 3. The van der Waals surface area contributed by atoms with Crippen LogP contribution in [-0.4, -0.2) is 34.1 Å². The van der Waals surface area contributed by atoms with Crippen LogP contribution in [0.1, 0.15) is 17.0 Å². The van der Waals surface area contributed by atoms with Gasteiger partial charge in [-0.15, -0.1) is 0 Å². The molecule has 3 heterocycles. The molecular weight excluding hydrogens is 402 g/mol. The predicted octanol–water partition coefficient (Wildman–Crippen LogP) is 2.79. The highest BCUT2D eigenvalue weighted by atomic mass is 16.5. The Hall–Kier alpha value is -3.78. The lowest BCUT2D eigenvalue weighted by Crippen LogP contribution is -2.57. The number of hydrogen-bond donors (Lipinski definition) is 4. The standard InChI is InChI=1S/C24H27N7O/c1-15-29-21-12-17(4-7-22(21)31(15)2)24(25)9-11-27-23(30-24)26-10-8-16-14-28-20-6-5-18(32-3)13-19(16)20/h4-7,9,11-14,28H,8,10,25H2,1-3H3,(H2,26,27,30). The Bertz CT molecular complexity index is 1360. The molecule has 0 fully saturated rings. The van der Waals surface area contributed by atoms with E-state index in [0.29, 0.717) is 12.5 Å². The SMILES string of the molecule is COc1ccc2[nH]cc(CCN=C3NC=CC(N)(c4ccc5c(c4)nc(C)n5C)N3)c2c1. The van der Waals surface area contributed by atoms with Crippen LogP contribution in [-0.2, 0) is 19.1 Å². The van der Waals surface area contributed by atoms with E-state index in [9.17, 15) is 0 Å². The van der Waals surface area contributed by atoms with Gasteiger partial charge in [0.05, 0.1) is 18.1 Å². The number of aliphatic imine (C=N–C) groups is 1. The zero-order chi connectivity index (χ0) is 22.3. The van der Waals surface area contributed by atoms with Crippen molar-refractivity contribution in [2.24, 2.45) is 17.8 Å². The van der Waals surface area contributed by atoms with E-state index in [-0.39, 0.29) is 0 Å². The number of hydrogen-bond acceptors (Lipinski definition) is 4. The van der Waals surface area contributed by atoms with Gasteiger partial charge in [0, 0.05) is 36.9 Å². The highest BCUT2D eigenvalue weighted by Crippen LogP contribution is 2.25. The fraction of sp³-hybridized carbons (Fsp3) is 0.250. The van der Waals surface area contributed by atoms with Crippen LogP contribution in [0.3, 0.4) is 0 Å². The van der Waals surface area contributed by atoms with Gasteiger partial charge in [0.25, 0.3) is 0 Å².